The van der Waals surface area contributed by atoms with Gasteiger partial charge >= 0.3 is 0 Å². The van der Waals surface area contributed by atoms with Gasteiger partial charge in [-0.25, -0.2) is 0 Å². The number of carbonyl (C=O) groups excluding carboxylic acids is 1. The standard InChI is InChI=1S/C26H26ClN3O3/c1-32-24-9-6-17(13-25(24)33-2)20(22-16-30-23-8-7-18(27)14-21(22)23)15-26(31)29-12-10-19-5-3-4-11-28-19/h3-9,11,13-14,16,20,30H,10,12,15H2,1-2H3,(H,29,31)/t20-/m1/s1. The molecule has 0 radical (unpaired) electrons. The summed E-state index contributed by atoms with van der Waals surface area (Å²) in [5.74, 6) is 1.02. The molecular formula is C26H26ClN3O3. The summed E-state index contributed by atoms with van der Waals surface area (Å²) >= 11 is 6.28. The fraction of sp³-hybridized carbons (Fsp3) is 0.231. The van der Waals surface area contributed by atoms with Crippen molar-refractivity contribution in [1.29, 1.82) is 0 Å². The van der Waals surface area contributed by atoms with Crippen LogP contribution in [0.1, 0.15) is 29.2 Å². The molecule has 4 rings (SSSR count). The first kappa shape index (κ1) is 22.7. The van der Waals surface area contributed by atoms with Gasteiger partial charge < -0.3 is 19.8 Å². The van der Waals surface area contributed by atoms with Crippen molar-refractivity contribution in [2.75, 3.05) is 20.8 Å². The van der Waals surface area contributed by atoms with Gasteiger partial charge in [0.1, 0.15) is 0 Å². The lowest BCUT2D eigenvalue weighted by atomic mass is 9.87. The Morgan fingerprint density at radius 1 is 1.09 bits per heavy atom. The summed E-state index contributed by atoms with van der Waals surface area (Å²) in [6.07, 6.45) is 4.66. The summed E-state index contributed by atoms with van der Waals surface area (Å²) in [6.45, 7) is 0.522. The van der Waals surface area contributed by atoms with E-state index in [1.807, 2.05) is 60.8 Å². The van der Waals surface area contributed by atoms with Crippen LogP contribution in [0.2, 0.25) is 5.02 Å². The molecule has 0 bridgehead atoms. The molecule has 0 unspecified atom stereocenters. The fourth-order valence-electron chi connectivity index (χ4n) is 4.01. The van der Waals surface area contributed by atoms with Gasteiger partial charge in [-0.3, -0.25) is 9.78 Å². The predicted octanol–water partition coefficient (Wildman–Crippen LogP) is 5.11. The van der Waals surface area contributed by atoms with E-state index in [2.05, 4.69) is 15.3 Å². The van der Waals surface area contributed by atoms with E-state index in [1.54, 1.807) is 20.4 Å². The molecule has 0 saturated carbocycles. The maximum atomic E-state index is 13.0. The van der Waals surface area contributed by atoms with Crippen molar-refractivity contribution in [3.63, 3.8) is 0 Å². The third-order valence-corrected chi connectivity index (χ3v) is 5.92. The average molecular weight is 464 g/mol. The lowest BCUT2D eigenvalue weighted by Crippen LogP contribution is -2.27. The third-order valence-electron chi connectivity index (χ3n) is 5.68. The Morgan fingerprint density at radius 3 is 2.70 bits per heavy atom. The summed E-state index contributed by atoms with van der Waals surface area (Å²) in [4.78, 5) is 20.6. The number of fused-ring (bicyclic) bond motifs is 1. The van der Waals surface area contributed by atoms with E-state index in [4.69, 9.17) is 21.1 Å². The molecule has 2 heterocycles. The Hall–Kier alpha value is -3.51. The van der Waals surface area contributed by atoms with Gasteiger partial charge in [-0.05, 0) is 53.6 Å². The number of aromatic nitrogens is 2. The highest BCUT2D eigenvalue weighted by Gasteiger charge is 2.23. The van der Waals surface area contributed by atoms with E-state index in [0.29, 0.717) is 29.5 Å². The minimum Gasteiger partial charge on any atom is -0.493 e. The highest BCUT2D eigenvalue weighted by atomic mass is 35.5. The number of carbonyl (C=O) groups is 1. The van der Waals surface area contributed by atoms with E-state index >= 15 is 0 Å². The number of halogens is 1. The van der Waals surface area contributed by atoms with E-state index in [1.165, 1.54) is 0 Å². The number of hydrogen-bond acceptors (Lipinski definition) is 4. The molecule has 2 aromatic carbocycles. The smallest absolute Gasteiger partial charge is 0.220 e. The number of ether oxygens (including phenoxy) is 2. The number of benzene rings is 2. The van der Waals surface area contributed by atoms with Crippen LogP contribution < -0.4 is 14.8 Å². The Bertz CT molecular complexity index is 1240. The monoisotopic (exact) mass is 463 g/mol. The van der Waals surface area contributed by atoms with Gasteiger partial charge in [0.2, 0.25) is 5.91 Å². The SMILES string of the molecule is COc1ccc([C@@H](CC(=O)NCCc2ccccn2)c2c[nH]c3ccc(Cl)cc23)cc1OC. The van der Waals surface area contributed by atoms with Gasteiger partial charge in [0.25, 0.3) is 0 Å². The topological polar surface area (TPSA) is 76.2 Å². The highest BCUT2D eigenvalue weighted by molar-refractivity contribution is 6.31. The second-order valence-corrected chi connectivity index (χ2v) is 8.16. The zero-order valence-corrected chi connectivity index (χ0v) is 19.4. The van der Waals surface area contributed by atoms with Crippen LogP contribution in [0.15, 0.2) is 67.0 Å². The Labute approximate surface area is 197 Å². The Morgan fingerprint density at radius 2 is 1.94 bits per heavy atom. The largest absolute Gasteiger partial charge is 0.493 e. The number of pyridine rings is 1. The Balaban J connectivity index is 1.61. The van der Waals surface area contributed by atoms with Crippen molar-refractivity contribution < 1.29 is 14.3 Å². The number of nitrogens with zero attached hydrogens (tertiary/aromatic N) is 1. The van der Waals surface area contributed by atoms with Crippen molar-refractivity contribution in [3.05, 3.63) is 88.8 Å². The van der Waals surface area contributed by atoms with Crippen LogP contribution in [0.25, 0.3) is 10.9 Å². The van der Waals surface area contributed by atoms with Crippen LogP contribution in [0.3, 0.4) is 0 Å². The number of amides is 1. The van der Waals surface area contributed by atoms with E-state index in [0.717, 1.165) is 27.7 Å². The van der Waals surface area contributed by atoms with E-state index < -0.39 is 0 Å². The number of H-pyrrole nitrogens is 1. The fourth-order valence-corrected chi connectivity index (χ4v) is 4.19. The van der Waals surface area contributed by atoms with Crippen LogP contribution >= 0.6 is 11.6 Å². The summed E-state index contributed by atoms with van der Waals surface area (Å²) in [7, 11) is 3.21. The molecule has 0 saturated heterocycles. The van der Waals surface area contributed by atoms with Gasteiger partial charge in [-0.15, -0.1) is 0 Å². The van der Waals surface area contributed by atoms with Crippen molar-refractivity contribution in [2.45, 2.75) is 18.8 Å². The van der Waals surface area contributed by atoms with Gasteiger partial charge in [0.05, 0.1) is 14.2 Å². The van der Waals surface area contributed by atoms with Crippen LogP contribution in [0.4, 0.5) is 0 Å². The average Bonchev–Trinajstić information content (AvgIpc) is 3.25. The summed E-state index contributed by atoms with van der Waals surface area (Å²) in [6, 6.07) is 17.2. The predicted molar refractivity (Wildman–Crippen MR) is 130 cm³/mol. The van der Waals surface area contributed by atoms with Crippen LogP contribution in [-0.2, 0) is 11.2 Å². The zero-order chi connectivity index (χ0) is 23.2. The number of methoxy groups -OCH3 is 2. The molecule has 0 aliphatic rings. The molecule has 0 spiro atoms. The minimum absolute atomic E-state index is 0.0397. The molecule has 1 atom stereocenters. The van der Waals surface area contributed by atoms with Crippen molar-refractivity contribution >= 4 is 28.4 Å². The van der Waals surface area contributed by atoms with Crippen molar-refractivity contribution in [2.24, 2.45) is 0 Å². The molecule has 170 valence electrons. The number of aromatic amines is 1. The van der Waals surface area contributed by atoms with Crippen molar-refractivity contribution in [1.82, 2.24) is 15.3 Å². The third kappa shape index (κ3) is 5.29. The molecule has 2 aromatic heterocycles. The molecule has 7 heteroatoms. The first-order valence-electron chi connectivity index (χ1n) is 10.7. The first-order chi connectivity index (χ1) is 16.1. The van der Waals surface area contributed by atoms with Gasteiger partial charge in [0, 0.05) is 59.3 Å². The maximum Gasteiger partial charge on any atom is 0.220 e. The molecule has 0 fully saturated rings. The molecule has 4 aromatic rings. The van der Waals surface area contributed by atoms with Crippen LogP contribution in [0, 0.1) is 0 Å². The molecule has 2 N–H and O–H groups in total. The number of hydrogen-bond donors (Lipinski definition) is 2. The minimum atomic E-state index is -0.202. The first-order valence-corrected chi connectivity index (χ1v) is 11.1. The van der Waals surface area contributed by atoms with Gasteiger partial charge in [0.15, 0.2) is 11.5 Å². The summed E-state index contributed by atoms with van der Waals surface area (Å²) in [5, 5.41) is 4.67. The Kier molecular flexibility index (Phi) is 7.15. The maximum absolute atomic E-state index is 13.0. The van der Waals surface area contributed by atoms with Crippen LogP contribution in [-0.4, -0.2) is 36.6 Å². The lowest BCUT2D eigenvalue weighted by molar-refractivity contribution is -0.121. The molecule has 0 aliphatic carbocycles. The van der Waals surface area contributed by atoms with Crippen LogP contribution in [0.5, 0.6) is 11.5 Å². The molecular weight excluding hydrogens is 438 g/mol. The molecule has 0 aliphatic heterocycles. The summed E-state index contributed by atoms with van der Waals surface area (Å²) < 4.78 is 10.9. The van der Waals surface area contributed by atoms with Gasteiger partial charge in [-0.1, -0.05) is 23.7 Å². The number of nitrogens with one attached hydrogen (secondary N) is 2. The second kappa shape index (κ2) is 10.4. The molecule has 33 heavy (non-hydrogen) atoms. The van der Waals surface area contributed by atoms with E-state index in [-0.39, 0.29) is 18.2 Å². The van der Waals surface area contributed by atoms with Crippen molar-refractivity contribution in [3.8, 4) is 11.5 Å². The van der Waals surface area contributed by atoms with Gasteiger partial charge in [-0.2, -0.15) is 0 Å². The molecule has 1 amide bonds. The van der Waals surface area contributed by atoms with E-state index in [9.17, 15) is 4.79 Å². The zero-order valence-electron chi connectivity index (χ0n) is 18.6. The highest BCUT2D eigenvalue weighted by Crippen LogP contribution is 2.38. The molecule has 6 nitrogen and oxygen atoms in total. The lowest BCUT2D eigenvalue weighted by Gasteiger charge is -2.19. The number of rotatable bonds is 9. The summed E-state index contributed by atoms with van der Waals surface area (Å²) in [5.41, 5.74) is 3.86. The normalized spacial score (nSPS) is 11.8. The second-order valence-electron chi connectivity index (χ2n) is 7.73. The quantitative estimate of drug-likeness (QED) is 0.361.